The van der Waals surface area contributed by atoms with Gasteiger partial charge >= 0.3 is 11.4 Å². The Hall–Kier alpha value is -3.58. The Bertz CT molecular complexity index is 1350. The van der Waals surface area contributed by atoms with Crippen LogP contribution in [-0.2, 0) is 0 Å². The summed E-state index contributed by atoms with van der Waals surface area (Å²) in [6.07, 6.45) is -4.85. The molecule has 0 fully saturated rings. The van der Waals surface area contributed by atoms with Gasteiger partial charge in [-0.1, -0.05) is 23.5 Å². The molecule has 1 amide bonds. The summed E-state index contributed by atoms with van der Waals surface area (Å²) in [7, 11) is 0. The smallest absolute Gasteiger partial charge is 0.406 e. The molecule has 0 aliphatic rings. The highest BCUT2D eigenvalue weighted by Crippen LogP contribution is 2.34. The lowest BCUT2D eigenvalue weighted by Gasteiger charge is -2.11. The van der Waals surface area contributed by atoms with Crippen molar-refractivity contribution >= 4 is 49.6 Å². The van der Waals surface area contributed by atoms with Crippen molar-refractivity contribution in [1.29, 1.82) is 0 Å². The van der Waals surface area contributed by atoms with Gasteiger partial charge in [0.2, 0.25) is 0 Å². The monoisotopic (exact) mass is 480 g/mol. The molecule has 0 aliphatic carbocycles. The van der Waals surface area contributed by atoms with Crippen molar-refractivity contribution in [2.45, 2.75) is 13.3 Å². The summed E-state index contributed by atoms with van der Waals surface area (Å²) < 4.78 is 42.2. The van der Waals surface area contributed by atoms with Gasteiger partial charge in [-0.3, -0.25) is 14.9 Å². The third-order valence-electron chi connectivity index (χ3n) is 4.15. The van der Waals surface area contributed by atoms with Crippen LogP contribution in [0, 0.1) is 17.0 Å². The second-order valence-corrected chi connectivity index (χ2v) is 8.36. The first-order valence-corrected chi connectivity index (χ1v) is 10.5. The summed E-state index contributed by atoms with van der Waals surface area (Å²) in [5, 5.41) is 15.1. The number of rotatable bonds is 5. The standard InChI is InChI=1S/C19H11F3N4O4S2/c1-9-8-31-15-14(9)23-16(10-3-2-4-11(7-10)30-19(20,21)22)24-17(15)25-18(27)12-5-6-13(32-12)26(28)29/h2-8H,1H3,(H,23,24,25,27). The average Bonchev–Trinajstić information content (AvgIpc) is 3.35. The Morgan fingerprint density at radius 1 is 1.22 bits per heavy atom. The average molecular weight is 480 g/mol. The third kappa shape index (κ3) is 4.53. The van der Waals surface area contributed by atoms with Crippen molar-refractivity contribution in [2.75, 3.05) is 5.32 Å². The summed E-state index contributed by atoms with van der Waals surface area (Å²) >= 11 is 2.00. The number of benzene rings is 1. The minimum Gasteiger partial charge on any atom is -0.406 e. The molecular weight excluding hydrogens is 469 g/mol. The maximum atomic E-state index is 12.6. The van der Waals surface area contributed by atoms with Gasteiger partial charge in [-0.2, -0.15) is 0 Å². The minimum absolute atomic E-state index is 0.0825. The molecule has 1 N–H and O–H groups in total. The number of amides is 1. The zero-order valence-corrected chi connectivity index (χ0v) is 17.6. The lowest BCUT2D eigenvalue weighted by molar-refractivity contribution is -0.380. The van der Waals surface area contributed by atoms with Crippen LogP contribution in [0.3, 0.4) is 0 Å². The van der Waals surface area contributed by atoms with E-state index in [0.717, 1.165) is 17.7 Å². The normalized spacial score (nSPS) is 11.5. The predicted molar refractivity (Wildman–Crippen MR) is 113 cm³/mol. The van der Waals surface area contributed by atoms with Crippen LogP contribution in [0.2, 0.25) is 0 Å². The summed E-state index contributed by atoms with van der Waals surface area (Å²) in [5.41, 5.74) is 1.56. The van der Waals surface area contributed by atoms with Crippen LogP contribution in [0.5, 0.6) is 5.75 Å². The molecule has 8 nitrogen and oxygen atoms in total. The number of carbonyl (C=O) groups is 1. The highest BCUT2D eigenvalue weighted by molar-refractivity contribution is 7.18. The Morgan fingerprint density at radius 3 is 2.69 bits per heavy atom. The molecule has 0 unspecified atom stereocenters. The van der Waals surface area contributed by atoms with E-state index >= 15 is 0 Å². The first-order chi connectivity index (χ1) is 15.1. The molecule has 0 atom stereocenters. The highest BCUT2D eigenvalue weighted by atomic mass is 32.1. The van der Waals surface area contributed by atoms with Crippen molar-refractivity contribution < 1.29 is 27.6 Å². The van der Waals surface area contributed by atoms with E-state index in [9.17, 15) is 28.1 Å². The van der Waals surface area contributed by atoms with Crippen LogP contribution in [0.25, 0.3) is 21.6 Å². The van der Waals surface area contributed by atoms with Gasteiger partial charge in [0.25, 0.3) is 5.91 Å². The van der Waals surface area contributed by atoms with E-state index in [1.54, 1.807) is 12.3 Å². The third-order valence-corrected chi connectivity index (χ3v) is 6.28. The molecule has 0 spiro atoms. The van der Waals surface area contributed by atoms with E-state index in [2.05, 4.69) is 20.0 Å². The van der Waals surface area contributed by atoms with Crippen molar-refractivity contribution in [1.82, 2.24) is 9.97 Å². The van der Waals surface area contributed by atoms with E-state index in [-0.39, 0.29) is 27.1 Å². The molecule has 4 rings (SSSR count). The zero-order valence-electron chi connectivity index (χ0n) is 16.0. The first kappa shape index (κ1) is 21.6. The number of nitrogens with zero attached hydrogens (tertiary/aromatic N) is 3. The van der Waals surface area contributed by atoms with E-state index in [1.165, 1.54) is 35.6 Å². The summed E-state index contributed by atoms with van der Waals surface area (Å²) in [4.78, 5) is 31.8. The van der Waals surface area contributed by atoms with Gasteiger partial charge < -0.3 is 10.1 Å². The van der Waals surface area contributed by atoms with Gasteiger partial charge in [0.1, 0.15) is 5.75 Å². The molecule has 0 aliphatic heterocycles. The molecule has 0 bridgehead atoms. The number of halogens is 3. The second-order valence-electron chi connectivity index (χ2n) is 6.42. The van der Waals surface area contributed by atoms with Crippen LogP contribution in [0.15, 0.2) is 41.8 Å². The van der Waals surface area contributed by atoms with Gasteiger partial charge in [-0.05, 0) is 36.1 Å². The molecule has 3 heterocycles. The SMILES string of the molecule is Cc1csc2c(NC(=O)c3ccc([N+](=O)[O-])s3)nc(-c3cccc(OC(F)(F)F)c3)nc12. The van der Waals surface area contributed by atoms with Crippen LogP contribution in [-0.4, -0.2) is 27.2 Å². The molecular formula is C19H11F3N4O4S2. The first-order valence-electron chi connectivity index (χ1n) is 8.78. The van der Waals surface area contributed by atoms with Crippen LogP contribution in [0.4, 0.5) is 24.0 Å². The largest absolute Gasteiger partial charge is 0.573 e. The van der Waals surface area contributed by atoms with E-state index in [4.69, 9.17) is 0 Å². The number of aryl methyl sites for hydroxylation is 1. The lowest BCUT2D eigenvalue weighted by Crippen LogP contribution is -2.17. The Balaban J connectivity index is 1.73. The zero-order chi connectivity index (χ0) is 23.0. The van der Waals surface area contributed by atoms with Gasteiger partial charge in [-0.25, -0.2) is 9.97 Å². The fraction of sp³-hybridized carbons (Fsp3) is 0.105. The summed E-state index contributed by atoms with van der Waals surface area (Å²) in [6.45, 7) is 1.80. The van der Waals surface area contributed by atoms with Gasteiger partial charge in [0, 0.05) is 11.6 Å². The quantitative estimate of drug-likeness (QED) is 0.286. The Morgan fingerprint density at radius 2 is 2.00 bits per heavy atom. The Kier molecular flexibility index (Phi) is 5.52. The minimum atomic E-state index is -4.85. The molecule has 0 saturated carbocycles. The number of thiophene rings is 2. The summed E-state index contributed by atoms with van der Waals surface area (Å²) in [6, 6.07) is 7.73. The molecule has 0 saturated heterocycles. The molecule has 4 aromatic rings. The van der Waals surface area contributed by atoms with Gasteiger partial charge in [0.15, 0.2) is 11.6 Å². The number of nitrogens with one attached hydrogen (secondary N) is 1. The second kappa shape index (κ2) is 8.16. The fourth-order valence-corrected chi connectivity index (χ4v) is 4.44. The number of alkyl halides is 3. The number of aromatic nitrogens is 2. The van der Waals surface area contributed by atoms with E-state index in [1.807, 2.05) is 0 Å². The van der Waals surface area contributed by atoms with Crippen molar-refractivity contribution in [3.63, 3.8) is 0 Å². The van der Waals surface area contributed by atoms with Crippen molar-refractivity contribution in [3.05, 3.63) is 62.3 Å². The number of ether oxygens (including phenoxy) is 1. The number of anilines is 1. The number of hydrogen-bond donors (Lipinski definition) is 1. The van der Waals surface area contributed by atoms with Gasteiger partial charge in [-0.15, -0.1) is 24.5 Å². The topological polar surface area (TPSA) is 107 Å². The highest BCUT2D eigenvalue weighted by Gasteiger charge is 2.31. The van der Waals surface area contributed by atoms with E-state index < -0.39 is 22.9 Å². The molecule has 13 heteroatoms. The van der Waals surface area contributed by atoms with Crippen LogP contribution < -0.4 is 10.1 Å². The van der Waals surface area contributed by atoms with Crippen LogP contribution >= 0.6 is 22.7 Å². The molecule has 1 aromatic carbocycles. The maximum absolute atomic E-state index is 12.6. The number of carbonyl (C=O) groups excluding carboxylic acids is 1. The van der Waals surface area contributed by atoms with Crippen molar-refractivity contribution in [3.8, 4) is 17.1 Å². The number of fused-ring (bicyclic) bond motifs is 1. The van der Waals surface area contributed by atoms with E-state index in [0.29, 0.717) is 21.6 Å². The number of hydrogen-bond acceptors (Lipinski definition) is 8. The maximum Gasteiger partial charge on any atom is 0.573 e. The lowest BCUT2D eigenvalue weighted by atomic mass is 10.2. The summed E-state index contributed by atoms with van der Waals surface area (Å²) in [5.74, 6) is -0.808. The molecule has 164 valence electrons. The fourth-order valence-electron chi connectivity index (χ4n) is 2.80. The predicted octanol–water partition coefficient (Wildman–Crippen LogP) is 5.79. The molecule has 3 aromatic heterocycles. The molecule has 0 radical (unpaired) electrons. The van der Waals surface area contributed by atoms with Crippen LogP contribution in [0.1, 0.15) is 15.2 Å². The van der Waals surface area contributed by atoms with Crippen molar-refractivity contribution in [2.24, 2.45) is 0 Å². The number of nitro groups is 1. The van der Waals surface area contributed by atoms with Gasteiger partial charge in [0.05, 0.1) is 20.0 Å². The molecule has 32 heavy (non-hydrogen) atoms. The Labute approximate surface area is 185 Å².